The number of carbonyl (C=O) groups is 1. The lowest BCUT2D eigenvalue weighted by molar-refractivity contribution is -0.137. The predicted octanol–water partition coefficient (Wildman–Crippen LogP) is 2.28. The zero-order valence-corrected chi connectivity index (χ0v) is 13.5. The molecule has 1 aromatic rings. The van der Waals surface area contributed by atoms with Crippen molar-refractivity contribution in [1.82, 2.24) is 4.90 Å². The van der Waals surface area contributed by atoms with Crippen molar-refractivity contribution in [2.24, 2.45) is 0 Å². The Morgan fingerprint density at radius 3 is 2.17 bits per heavy atom. The van der Waals surface area contributed by atoms with Gasteiger partial charge in [0.15, 0.2) is 0 Å². The van der Waals surface area contributed by atoms with Crippen LogP contribution in [0.2, 0.25) is 0 Å². The van der Waals surface area contributed by atoms with Crippen LogP contribution in [-0.2, 0) is 27.2 Å². The smallest absolute Gasteiger partial charge is 0.342 e. The molecule has 0 bridgehead atoms. The number of alkyl halides is 3. The number of likely N-dealkylation sites (N-methyl/N-ethyl adjacent to an activating group) is 1. The Bertz CT molecular complexity index is 654. The summed E-state index contributed by atoms with van der Waals surface area (Å²) >= 11 is 0. The Morgan fingerprint density at radius 2 is 1.70 bits per heavy atom. The fourth-order valence-corrected chi connectivity index (χ4v) is 4.05. The largest absolute Gasteiger partial charge is 0.416 e. The molecule has 1 amide bonds. The first kappa shape index (κ1) is 17.8. The molecule has 1 aliphatic rings. The number of halogens is 3. The average Bonchev–Trinajstić information content (AvgIpc) is 2.46. The fraction of sp³-hybridized carbons (Fsp3) is 0.533. The molecular weight excluding hydrogens is 331 g/mol. The second kappa shape index (κ2) is 6.51. The van der Waals surface area contributed by atoms with Gasteiger partial charge in [0, 0.05) is 13.1 Å². The lowest BCUT2D eigenvalue weighted by atomic mass is 10.1. The van der Waals surface area contributed by atoms with Crippen LogP contribution in [0.1, 0.15) is 24.0 Å². The molecule has 0 N–H and O–H groups in total. The number of nitrogens with zero attached hydrogens (tertiary/aromatic N) is 1. The standard InChI is InChI=1S/C15H18F3NO3S/c1-19(13-6-8-23(21,22)9-7-13)14(20)10-11-2-4-12(5-3-11)15(16,17)18/h2-5,13H,6-10H2,1H3. The topological polar surface area (TPSA) is 54.5 Å². The van der Waals surface area contributed by atoms with Gasteiger partial charge in [-0.1, -0.05) is 12.1 Å². The van der Waals surface area contributed by atoms with E-state index in [9.17, 15) is 26.4 Å². The van der Waals surface area contributed by atoms with Crippen molar-refractivity contribution in [3.63, 3.8) is 0 Å². The molecule has 0 aromatic heterocycles. The molecule has 4 nitrogen and oxygen atoms in total. The first-order valence-electron chi connectivity index (χ1n) is 7.21. The molecule has 1 aliphatic heterocycles. The van der Waals surface area contributed by atoms with Crippen LogP contribution in [0.5, 0.6) is 0 Å². The zero-order chi connectivity index (χ0) is 17.3. The minimum Gasteiger partial charge on any atom is -0.342 e. The van der Waals surface area contributed by atoms with E-state index in [0.29, 0.717) is 18.4 Å². The Morgan fingerprint density at radius 1 is 1.17 bits per heavy atom. The molecule has 128 valence electrons. The number of carbonyl (C=O) groups excluding carboxylic acids is 1. The Labute approximate surface area is 133 Å². The third kappa shape index (κ3) is 4.70. The van der Waals surface area contributed by atoms with Crippen molar-refractivity contribution < 1.29 is 26.4 Å². The van der Waals surface area contributed by atoms with Gasteiger partial charge in [-0.05, 0) is 30.5 Å². The van der Waals surface area contributed by atoms with E-state index in [4.69, 9.17) is 0 Å². The van der Waals surface area contributed by atoms with Crippen molar-refractivity contribution in [2.75, 3.05) is 18.6 Å². The van der Waals surface area contributed by atoms with Crippen LogP contribution in [0.3, 0.4) is 0 Å². The molecule has 1 aromatic carbocycles. The third-order valence-corrected chi connectivity index (χ3v) is 5.82. The third-order valence-electron chi connectivity index (χ3n) is 4.10. The Hall–Kier alpha value is -1.57. The van der Waals surface area contributed by atoms with E-state index in [2.05, 4.69) is 0 Å². The minimum absolute atomic E-state index is 0.00210. The molecule has 0 spiro atoms. The van der Waals surface area contributed by atoms with E-state index in [1.54, 1.807) is 7.05 Å². The predicted molar refractivity (Wildman–Crippen MR) is 79.6 cm³/mol. The van der Waals surface area contributed by atoms with Gasteiger partial charge in [-0.2, -0.15) is 13.2 Å². The second-order valence-corrected chi connectivity index (χ2v) is 8.06. The maximum atomic E-state index is 12.5. The molecule has 23 heavy (non-hydrogen) atoms. The Balaban J connectivity index is 1.96. The van der Waals surface area contributed by atoms with Crippen LogP contribution in [-0.4, -0.2) is 43.8 Å². The summed E-state index contributed by atoms with van der Waals surface area (Å²) < 4.78 is 60.3. The summed E-state index contributed by atoms with van der Waals surface area (Å²) in [6.45, 7) is 0. The van der Waals surface area contributed by atoms with Crippen molar-refractivity contribution >= 4 is 15.7 Å². The highest BCUT2D eigenvalue weighted by molar-refractivity contribution is 7.91. The van der Waals surface area contributed by atoms with Crippen LogP contribution in [0.4, 0.5) is 13.2 Å². The van der Waals surface area contributed by atoms with Crippen LogP contribution >= 0.6 is 0 Å². The summed E-state index contributed by atoms with van der Waals surface area (Å²) in [4.78, 5) is 13.7. The molecule has 1 heterocycles. The molecule has 0 saturated carbocycles. The molecule has 8 heteroatoms. The van der Waals surface area contributed by atoms with Gasteiger partial charge in [-0.15, -0.1) is 0 Å². The molecule has 0 radical (unpaired) electrons. The minimum atomic E-state index is -4.40. The SMILES string of the molecule is CN(C(=O)Cc1ccc(C(F)(F)F)cc1)C1CCS(=O)(=O)CC1. The van der Waals surface area contributed by atoms with Gasteiger partial charge >= 0.3 is 6.18 Å². The zero-order valence-electron chi connectivity index (χ0n) is 12.6. The Kier molecular flexibility index (Phi) is 5.03. The van der Waals surface area contributed by atoms with E-state index in [0.717, 1.165) is 12.1 Å². The number of amides is 1. The number of hydrogen-bond acceptors (Lipinski definition) is 3. The molecule has 1 fully saturated rings. The maximum absolute atomic E-state index is 12.5. The molecular formula is C15H18F3NO3S. The van der Waals surface area contributed by atoms with Crippen LogP contribution < -0.4 is 0 Å². The van der Waals surface area contributed by atoms with Gasteiger partial charge in [0.05, 0.1) is 23.5 Å². The lowest BCUT2D eigenvalue weighted by Gasteiger charge is -2.31. The van der Waals surface area contributed by atoms with Crippen LogP contribution in [0.25, 0.3) is 0 Å². The van der Waals surface area contributed by atoms with E-state index in [1.165, 1.54) is 17.0 Å². The normalized spacial score (nSPS) is 18.6. The molecule has 0 atom stereocenters. The summed E-state index contributed by atoms with van der Waals surface area (Å²) in [6, 6.07) is 4.35. The van der Waals surface area contributed by atoms with Gasteiger partial charge in [0.2, 0.25) is 5.91 Å². The highest BCUT2D eigenvalue weighted by Gasteiger charge is 2.31. The van der Waals surface area contributed by atoms with Crippen molar-refractivity contribution in [2.45, 2.75) is 31.5 Å². The summed E-state index contributed by atoms with van der Waals surface area (Å²) in [5.74, 6) is -0.0976. The van der Waals surface area contributed by atoms with Crippen molar-refractivity contribution in [3.8, 4) is 0 Å². The highest BCUT2D eigenvalue weighted by atomic mass is 32.2. The van der Waals surface area contributed by atoms with Gasteiger partial charge in [-0.3, -0.25) is 4.79 Å². The van der Waals surface area contributed by atoms with E-state index in [1.807, 2.05) is 0 Å². The van der Waals surface area contributed by atoms with Crippen molar-refractivity contribution in [1.29, 1.82) is 0 Å². The second-order valence-electron chi connectivity index (χ2n) is 5.76. The number of rotatable bonds is 3. The van der Waals surface area contributed by atoms with Gasteiger partial charge in [-0.25, -0.2) is 8.42 Å². The summed E-state index contributed by atoms with van der Waals surface area (Å²) in [7, 11) is -1.39. The van der Waals surface area contributed by atoms with E-state index < -0.39 is 21.6 Å². The number of hydrogen-bond donors (Lipinski definition) is 0. The fourth-order valence-electron chi connectivity index (χ4n) is 2.58. The molecule has 0 unspecified atom stereocenters. The quantitative estimate of drug-likeness (QED) is 0.841. The average molecular weight is 349 g/mol. The highest BCUT2D eigenvalue weighted by Crippen LogP contribution is 2.29. The lowest BCUT2D eigenvalue weighted by Crippen LogP contribution is -2.42. The van der Waals surface area contributed by atoms with Gasteiger partial charge in [0.25, 0.3) is 0 Å². The van der Waals surface area contributed by atoms with Crippen LogP contribution in [0.15, 0.2) is 24.3 Å². The summed E-state index contributed by atoms with van der Waals surface area (Å²) in [5.41, 5.74) is -0.252. The first-order chi connectivity index (χ1) is 10.6. The summed E-state index contributed by atoms with van der Waals surface area (Å²) in [6.07, 6.45) is -3.60. The number of sulfone groups is 1. The van der Waals surface area contributed by atoms with Gasteiger partial charge < -0.3 is 4.90 Å². The van der Waals surface area contributed by atoms with Crippen LogP contribution in [0, 0.1) is 0 Å². The number of benzene rings is 1. The van der Waals surface area contributed by atoms with E-state index in [-0.39, 0.29) is 29.9 Å². The monoisotopic (exact) mass is 349 g/mol. The summed E-state index contributed by atoms with van der Waals surface area (Å²) in [5, 5.41) is 0. The molecule has 2 rings (SSSR count). The molecule has 0 aliphatic carbocycles. The van der Waals surface area contributed by atoms with Gasteiger partial charge in [0.1, 0.15) is 9.84 Å². The molecule has 1 saturated heterocycles. The van der Waals surface area contributed by atoms with Crippen molar-refractivity contribution in [3.05, 3.63) is 35.4 Å². The maximum Gasteiger partial charge on any atom is 0.416 e. The first-order valence-corrected chi connectivity index (χ1v) is 9.03. The van der Waals surface area contributed by atoms with E-state index >= 15 is 0 Å².